The van der Waals surface area contributed by atoms with Crippen LogP contribution in [0.2, 0.25) is 0 Å². The molecule has 27 heavy (non-hydrogen) atoms. The summed E-state index contributed by atoms with van der Waals surface area (Å²) >= 11 is 0. The molecule has 1 saturated heterocycles. The number of hydrogen-bond acceptors (Lipinski definition) is 4. The van der Waals surface area contributed by atoms with Crippen LogP contribution in [-0.2, 0) is 4.79 Å². The molecule has 8 heteroatoms. The van der Waals surface area contributed by atoms with Gasteiger partial charge >= 0.3 is 0 Å². The lowest BCUT2D eigenvalue weighted by atomic mass is 9.98. The normalized spacial score (nSPS) is 19.9. The zero-order valence-corrected chi connectivity index (χ0v) is 18.4. The molecule has 156 valence electrons. The first kappa shape index (κ1) is 26.3. The van der Waals surface area contributed by atoms with Crippen molar-refractivity contribution >= 4 is 48.8 Å². The van der Waals surface area contributed by atoms with Crippen molar-refractivity contribution < 1.29 is 4.79 Å². The second-order valence-corrected chi connectivity index (χ2v) is 7.28. The molecule has 1 aromatic rings. The average Bonchev–Trinajstić information content (AvgIpc) is 3.08. The molecule has 1 atom stereocenters. The summed E-state index contributed by atoms with van der Waals surface area (Å²) in [7, 11) is 0. The molecule has 1 unspecified atom stereocenters. The fraction of sp³-hybridized carbons (Fsp3) is 0.632. The number of halogens is 3. The van der Waals surface area contributed by atoms with Crippen LogP contribution in [-0.4, -0.2) is 55.1 Å². The molecule has 1 amide bonds. The molecule has 1 saturated carbocycles. The molecule has 3 N–H and O–H groups in total. The summed E-state index contributed by atoms with van der Waals surface area (Å²) in [4.78, 5) is 17.2. The predicted octanol–water partition coefficient (Wildman–Crippen LogP) is 2.85. The van der Waals surface area contributed by atoms with Gasteiger partial charge in [0.2, 0.25) is 5.91 Å². The highest BCUT2D eigenvalue weighted by Crippen LogP contribution is 2.27. The van der Waals surface area contributed by atoms with Crippen LogP contribution >= 0.6 is 37.2 Å². The fourth-order valence-electron chi connectivity index (χ4n) is 3.84. The molecule has 2 aliphatic rings. The first-order valence-corrected chi connectivity index (χ1v) is 9.20. The van der Waals surface area contributed by atoms with Gasteiger partial charge in [-0.15, -0.1) is 37.2 Å². The van der Waals surface area contributed by atoms with Crippen molar-refractivity contribution in [2.45, 2.75) is 44.2 Å². The highest BCUT2D eigenvalue weighted by atomic mass is 35.5. The van der Waals surface area contributed by atoms with Crippen molar-refractivity contribution in [2.24, 2.45) is 5.73 Å². The maximum absolute atomic E-state index is 12.3. The highest BCUT2D eigenvalue weighted by molar-refractivity contribution is 5.86. The summed E-state index contributed by atoms with van der Waals surface area (Å²) < 4.78 is 0. The maximum atomic E-state index is 12.3. The Hall–Kier alpha value is -0.720. The van der Waals surface area contributed by atoms with E-state index in [0.29, 0.717) is 12.6 Å². The van der Waals surface area contributed by atoms with Crippen LogP contribution in [0.5, 0.6) is 0 Å². The molecule has 5 nitrogen and oxygen atoms in total. The number of rotatable bonds is 5. The smallest absolute Gasteiger partial charge is 0.240 e. The van der Waals surface area contributed by atoms with Gasteiger partial charge in [-0.1, -0.05) is 31.0 Å². The highest BCUT2D eigenvalue weighted by Gasteiger charge is 2.37. The monoisotopic (exact) mass is 438 g/mol. The van der Waals surface area contributed by atoms with Gasteiger partial charge in [-0.3, -0.25) is 9.69 Å². The summed E-state index contributed by atoms with van der Waals surface area (Å²) in [6, 6.07) is 10.9. The molecule has 1 aromatic carbocycles. The Bertz CT molecular complexity index is 547. The number of piperazine rings is 1. The summed E-state index contributed by atoms with van der Waals surface area (Å²) in [6.07, 6.45) is 3.79. The Morgan fingerprint density at radius 1 is 1.07 bits per heavy atom. The number of nitrogens with one attached hydrogen (secondary N) is 1. The Labute approximate surface area is 181 Å². The Morgan fingerprint density at radius 2 is 1.63 bits per heavy atom. The first-order chi connectivity index (χ1) is 11.6. The molecule has 1 heterocycles. The van der Waals surface area contributed by atoms with Gasteiger partial charge in [-0.25, -0.2) is 0 Å². The molecule has 1 aliphatic heterocycles. The van der Waals surface area contributed by atoms with Gasteiger partial charge in [0.15, 0.2) is 0 Å². The Balaban J connectivity index is 0.00000225. The van der Waals surface area contributed by atoms with Crippen LogP contribution in [0, 0.1) is 0 Å². The van der Waals surface area contributed by atoms with Gasteiger partial charge < -0.3 is 16.0 Å². The minimum absolute atomic E-state index is 0. The fourth-order valence-corrected chi connectivity index (χ4v) is 3.84. The van der Waals surface area contributed by atoms with E-state index in [1.54, 1.807) is 0 Å². The van der Waals surface area contributed by atoms with E-state index in [1.165, 1.54) is 5.69 Å². The van der Waals surface area contributed by atoms with Gasteiger partial charge in [-0.2, -0.15) is 0 Å². The number of benzene rings is 1. The summed E-state index contributed by atoms with van der Waals surface area (Å²) in [5.74, 6) is 0.0368. The van der Waals surface area contributed by atoms with Gasteiger partial charge in [0.1, 0.15) is 0 Å². The topological polar surface area (TPSA) is 61.6 Å². The Morgan fingerprint density at radius 3 is 2.19 bits per heavy atom. The van der Waals surface area contributed by atoms with Crippen molar-refractivity contribution in [2.75, 3.05) is 37.6 Å². The quantitative estimate of drug-likeness (QED) is 0.740. The molecule has 0 radical (unpaired) electrons. The Kier molecular flexibility index (Phi) is 11.7. The van der Waals surface area contributed by atoms with Gasteiger partial charge in [0.25, 0.3) is 0 Å². The van der Waals surface area contributed by atoms with Crippen molar-refractivity contribution in [1.82, 2.24) is 10.2 Å². The van der Waals surface area contributed by atoms with E-state index < -0.39 is 5.54 Å². The number of nitrogens with two attached hydrogens (primary N) is 1. The number of hydrogen-bond donors (Lipinski definition) is 2. The summed E-state index contributed by atoms with van der Waals surface area (Å²) in [6.45, 7) is 6.99. The molecule has 0 spiro atoms. The van der Waals surface area contributed by atoms with Crippen molar-refractivity contribution in [3.63, 3.8) is 0 Å². The molecular weight excluding hydrogens is 407 g/mol. The first-order valence-electron chi connectivity index (χ1n) is 9.20. The van der Waals surface area contributed by atoms with Gasteiger partial charge in [-0.05, 0) is 31.9 Å². The molecule has 1 aliphatic carbocycles. The van der Waals surface area contributed by atoms with Crippen molar-refractivity contribution in [1.29, 1.82) is 0 Å². The minimum Gasteiger partial charge on any atom is -0.369 e. The van der Waals surface area contributed by atoms with Crippen LogP contribution in [0.1, 0.15) is 32.6 Å². The minimum atomic E-state index is -0.619. The van der Waals surface area contributed by atoms with Crippen LogP contribution in [0.15, 0.2) is 30.3 Å². The van der Waals surface area contributed by atoms with E-state index in [0.717, 1.165) is 51.9 Å². The maximum Gasteiger partial charge on any atom is 0.240 e. The number of amides is 1. The number of nitrogens with zero attached hydrogens (tertiary/aromatic N) is 2. The second kappa shape index (κ2) is 12.0. The van der Waals surface area contributed by atoms with Crippen LogP contribution in [0.4, 0.5) is 5.69 Å². The van der Waals surface area contributed by atoms with Crippen LogP contribution in [0.3, 0.4) is 0 Å². The third-order valence-electron chi connectivity index (χ3n) is 5.56. The number of anilines is 1. The van der Waals surface area contributed by atoms with E-state index in [4.69, 9.17) is 5.73 Å². The number of carbonyl (C=O) groups is 1. The van der Waals surface area contributed by atoms with Crippen LogP contribution < -0.4 is 16.0 Å². The third kappa shape index (κ3) is 6.68. The summed E-state index contributed by atoms with van der Waals surface area (Å²) in [5, 5.41) is 3.09. The zero-order chi connectivity index (χ0) is 17.0. The van der Waals surface area contributed by atoms with E-state index in [1.807, 2.05) is 0 Å². The SMILES string of the molecule is CC(CNC(=O)C1(N)CCCC1)N1CCN(c2ccccc2)CC1.Cl.Cl.Cl. The summed E-state index contributed by atoms with van der Waals surface area (Å²) in [5.41, 5.74) is 6.89. The van der Waals surface area contributed by atoms with E-state index in [9.17, 15) is 4.79 Å². The standard InChI is InChI=1S/C19H30N4O.3ClH/c1-16(15-21-18(24)19(20)9-5-6-10-19)22-11-13-23(14-12-22)17-7-3-2-4-8-17;;;/h2-4,7-8,16H,5-6,9-15,20H2,1H3,(H,21,24);3*1H. The molecular formula is C19H33Cl3N4O. The predicted molar refractivity (Wildman–Crippen MR) is 120 cm³/mol. The largest absolute Gasteiger partial charge is 0.369 e. The molecule has 0 aromatic heterocycles. The number of carbonyl (C=O) groups excluding carboxylic acids is 1. The molecule has 3 rings (SSSR count). The van der Waals surface area contributed by atoms with Gasteiger partial charge in [0.05, 0.1) is 5.54 Å². The molecule has 0 bridgehead atoms. The van der Waals surface area contributed by atoms with E-state index >= 15 is 0 Å². The van der Waals surface area contributed by atoms with Gasteiger partial charge in [0, 0.05) is 44.5 Å². The zero-order valence-electron chi connectivity index (χ0n) is 15.9. The van der Waals surface area contributed by atoms with Crippen LogP contribution in [0.25, 0.3) is 0 Å². The van der Waals surface area contributed by atoms with Crippen molar-refractivity contribution in [3.05, 3.63) is 30.3 Å². The number of para-hydroxylation sites is 1. The lowest BCUT2D eigenvalue weighted by Gasteiger charge is -2.39. The third-order valence-corrected chi connectivity index (χ3v) is 5.56. The average molecular weight is 440 g/mol. The molecule has 2 fully saturated rings. The van der Waals surface area contributed by atoms with Crippen molar-refractivity contribution in [3.8, 4) is 0 Å². The lowest BCUT2D eigenvalue weighted by molar-refractivity contribution is -0.126. The lowest BCUT2D eigenvalue weighted by Crippen LogP contribution is -2.56. The second-order valence-electron chi connectivity index (χ2n) is 7.28. The van der Waals surface area contributed by atoms with E-state index in [-0.39, 0.29) is 43.1 Å². The van der Waals surface area contributed by atoms with E-state index in [2.05, 4.69) is 52.4 Å².